The van der Waals surface area contributed by atoms with Crippen LogP contribution in [0.25, 0.3) is 0 Å². The summed E-state index contributed by atoms with van der Waals surface area (Å²) in [6, 6.07) is 13.2. The number of hydrogen-bond acceptors (Lipinski definition) is 4. The molecule has 1 aliphatic heterocycles. The van der Waals surface area contributed by atoms with E-state index in [4.69, 9.17) is 0 Å². The lowest BCUT2D eigenvalue weighted by Gasteiger charge is -2.16. The zero-order valence-electron chi connectivity index (χ0n) is 13.0. The van der Waals surface area contributed by atoms with Crippen molar-refractivity contribution in [1.29, 1.82) is 0 Å². The van der Waals surface area contributed by atoms with Crippen LogP contribution in [-0.4, -0.2) is 39.4 Å². The fraction of sp³-hybridized carbons (Fsp3) is 0.353. The Morgan fingerprint density at radius 3 is 2.78 bits per heavy atom. The van der Waals surface area contributed by atoms with E-state index >= 15 is 0 Å². The zero-order valence-corrected chi connectivity index (χ0v) is 13.8. The molecule has 0 saturated carbocycles. The fourth-order valence-corrected chi connectivity index (χ4v) is 3.71. The Balaban J connectivity index is 1.57. The van der Waals surface area contributed by atoms with Crippen molar-refractivity contribution in [3.63, 3.8) is 0 Å². The lowest BCUT2D eigenvalue weighted by Crippen LogP contribution is -2.32. The van der Waals surface area contributed by atoms with Crippen LogP contribution in [0.4, 0.5) is 0 Å². The van der Waals surface area contributed by atoms with Gasteiger partial charge in [-0.1, -0.05) is 18.2 Å². The van der Waals surface area contributed by atoms with Gasteiger partial charge in [-0.3, -0.25) is 9.59 Å². The van der Waals surface area contributed by atoms with E-state index in [9.17, 15) is 9.59 Å². The molecule has 0 unspecified atom stereocenters. The molecule has 1 aromatic carbocycles. The highest BCUT2D eigenvalue weighted by Crippen LogP contribution is 2.26. The van der Waals surface area contributed by atoms with E-state index in [2.05, 4.69) is 17.2 Å². The van der Waals surface area contributed by atoms with Gasteiger partial charge in [0.15, 0.2) is 0 Å². The third-order valence-electron chi connectivity index (χ3n) is 3.98. The average molecular weight is 329 g/mol. The summed E-state index contributed by atoms with van der Waals surface area (Å²) in [7, 11) is 1.56. The number of hydrogen-bond donors (Lipinski definition) is 0. The number of thioether (sulfide) groups is 1. The van der Waals surface area contributed by atoms with E-state index < -0.39 is 0 Å². The van der Waals surface area contributed by atoms with Crippen LogP contribution in [0.3, 0.4) is 0 Å². The number of aromatic nitrogens is 2. The van der Waals surface area contributed by atoms with Crippen molar-refractivity contribution in [2.24, 2.45) is 13.0 Å². The minimum absolute atomic E-state index is 0.0900. The molecule has 1 atom stereocenters. The van der Waals surface area contributed by atoms with Crippen LogP contribution < -0.4 is 5.56 Å². The number of amides is 1. The number of carbonyl (C=O) groups is 1. The minimum Gasteiger partial charge on any atom is -0.337 e. The van der Waals surface area contributed by atoms with Crippen LogP contribution in [0.5, 0.6) is 0 Å². The molecule has 1 aromatic heterocycles. The van der Waals surface area contributed by atoms with Crippen molar-refractivity contribution in [1.82, 2.24) is 14.7 Å². The SMILES string of the molecule is Cn1nc(C(=O)N2CC[C@@H](CSc3ccccc3)C2)ccc1=O. The third kappa shape index (κ3) is 3.82. The van der Waals surface area contributed by atoms with Crippen LogP contribution in [0.15, 0.2) is 52.2 Å². The van der Waals surface area contributed by atoms with E-state index in [0.717, 1.165) is 25.3 Å². The maximum atomic E-state index is 12.5. The molecule has 5 nitrogen and oxygen atoms in total. The molecule has 6 heteroatoms. The van der Waals surface area contributed by atoms with Crippen molar-refractivity contribution in [2.75, 3.05) is 18.8 Å². The normalized spacial score (nSPS) is 17.4. The standard InChI is InChI=1S/C17H19N3O2S/c1-19-16(21)8-7-15(18-19)17(22)20-10-9-13(11-20)12-23-14-5-3-2-4-6-14/h2-8,13H,9-12H2,1H3/t13-/m1/s1. The lowest BCUT2D eigenvalue weighted by molar-refractivity contribution is 0.0780. The first-order chi connectivity index (χ1) is 11.1. The maximum absolute atomic E-state index is 12.5. The fourth-order valence-electron chi connectivity index (χ4n) is 2.66. The second-order valence-corrected chi connectivity index (χ2v) is 6.80. The highest BCUT2D eigenvalue weighted by Gasteiger charge is 2.27. The summed E-state index contributed by atoms with van der Waals surface area (Å²) in [6.07, 6.45) is 1.01. The topological polar surface area (TPSA) is 55.2 Å². The maximum Gasteiger partial charge on any atom is 0.274 e. The Labute approximate surface area is 139 Å². The van der Waals surface area contributed by atoms with Gasteiger partial charge in [-0.2, -0.15) is 5.10 Å². The molecule has 1 saturated heterocycles. The number of nitrogens with zero attached hydrogens (tertiary/aromatic N) is 3. The van der Waals surface area contributed by atoms with Crippen molar-refractivity contribution in [2.45, 2.75) is 11.3 Å². The van der Waals surface area contributed by atoms with Gasteiger partial charge < -0.3 is 4.90 Å². The quantitative estimate of drug-likeness (QED) is 0.806. The Morgan fingerprint density at radius 1 is 1.26 bits per heavy atom. The van der Waals surface area contributed by atoms with Crippen LogP contribution in [0, 0.1) is 5.92 Å². The number of benzene rings is 1. The summed E-state index contributed by atoms with van der Waals surface area (Å²) in [5, 5.41) is 4.04. The van der Waals surface area contributed by atoms with Crippen LogP contribution in [0.2, 0.25) is 0 Å². The molecule has 23 heavy (non-hydrogen) atoms. The first-order valence-electron chi connectivity index (χ1n) is 7.65. The molecule has 120 valence electrons. The van der Waals surface area contributed by atoms with Gasteiger partial charge in [0.05, 0.1) is 0 Å². The van der Waals surface area contributed by atoms with Gasteiger partial charge in [0.25, 0.3) is 11.5 Å². The summed E-state index contributed by atoms with van der Waals surface area (Å²) in [5.41, 5.74) is 0.128. The molecule has 0 aliphatic carbocycles. The Morgan fingerprint density at radius 2 is 2.04 bits per heavy atom. The summed E-state index contributed by atoms with van der Waals surface area (Å²) in [4.78, 5) is 26.9. The highest BCUT2D eigenvalue weighted by molar-refractivity contribution is 7.99. The molecule has 1 amide bonds. The predicted octanol–water partition coefficient (Wildman–Crippen LogP) is 2.03. The monoisotopic (exact) mass is 329 g/mol. The van der Waals surface area contributed by atoms with E-state index in [-0.39, 0.29) is 11.5 Å². The van der Waals surface area contributed by atoms with Gasteiger partial charge in [0.2, 0.25) is 0 Å². The van der Waals surface area contributed by atoms with Gasteiger partial charge >= 0.3 is 0 Å². The van der Waals surface area contributed by atoms with E-state index in [1.807, 2.05) is 34.9 Å². The van der Waals surface area contributed by atoms with E-state index in [0.29, 0.717) is 11.6 Å². The summed E-state index contributed by atoms with van der Waals surface area (Å²) >= 11 is 1.83. The molecular weight excluding hydrogens is 310 g/mol. The molecule has 0 N–H and O–H groups in total. The van der Waals surface area contributed by atoms with E-state index in [1.54, 1.807) is 7.05 Å². The summed E-state index contributed by atoms with van der Waals surface area (Å²) in [5.74, 6) is 1.42. The molecule has 3 rings (SSSR count). The Hall–Kier alpha value is -2.08. The van der Waals surface area contributed by atoms with Crippen LogP contribution in [0.1, 0.15) is 16.9 Å². The minimum atomic E-state index is -0.208. The third-order valence-corrected chi connectivity index (χ3v) is 5.23. The van der Waals surface area contributed by atoms with Gasteiger partial charge in [0, 0.05) is 36.9 Å². The summed E-state index contributed by atoms with van der Waals surface area (Å²) < 4.78 is 1.20. The smallest absolute Gasteiger partial charge is 0.274 e. The molecule has 2 aromatic rings. The van der Waals surface area contributed by atoms with Gasteiger partial charge in [0.1, 0.15) is 5.69 Å². The van der Waals surface area contributed by atoms with Gasteiger partial charge in [-0.15, -0.1) is 11.8 Å². The molecule has 2 heterocycles. The first-order valence-corrected chi connectivity index (χ1v) is 8.63. The molecular formula is C17H19N3O2S. The first kappa shape index (κ1) is 15.8. The molecule has 0 bridgehead atoms. The average Bonchev–Trinajstić information content (AvgIpc) is 3.05. The molecule has 0 radical (unpaired) electrons. The van der Waals surface area contributed by atoms with Crippen molar-refractivity contribution < 1.29 is 4.79 Å². The number of carbonyl (C=O) groups excluding carboxylic acids is 1. The van der Waals surface area contributed by atoms with Crippen molar-refractivity contribution in [3.05, 3.63) is 58.5 Å². The number of aryl methyl sites for hydroxylation is 1. The summed E-state index contributed by atoms with van der Waals surface area (Å²) in [6.45, 7) is 1.51. The zero-order chi connectivity index (χ0) is 16.2. The number of likely N-dealkylation sites (tertiary alicyclic amines) is 1. The molecule has 1 aliphatic rings. The predicted molar refractivity (Wildman–Crippen MR) is 90.7 cm³/mol. The second-order valence-electron chi connectivity index (χ2n) is 5.71. The van der Waals surface area contributed by atoms with Crippen molar-refractivity contribution in [3.8, 4) is 0 Å². The Kier molecular flexibility index (Phi) is 4.81. The van der Waals surface area contributed by atoms with E-state index in [1.165, 1.54) is 21.7 Å². The van der Waals surface area contributed by atoms with Gasteiger partial charge in [-0.25, -0.2) is 4.68 Å². The van der Waals surface area contributed by atoms with Crippen molar-refractivity contribution >= 4 is 17.7 Å². The molecule has 0 spiro atoms. The Bertz CT molecular complexity index is 745. The highest BCUT2D eigenvalue weighted by atomic mass is 32.2. The van der Waals surface area contributed by atoms with Gasteiger partial charge in [-0.05, 0) is 30.5 Å². The number of rotatable bonds is 4. The molecule has 1 fully saturated rings. The largest absolute Gasteiger partial charge is 0.337 e. The lowest BCUT2D eigenvalue weighted by atomic mass is 10.2. The second kappa shape index (κ2) is 7.00. The van der Waals surface area contributed by atoms with Crippen LogP contribution in [-0.2, 0) is 7.05 Å². The van der Waals surface area contributed by atoms with Crippen LogP contribution >= 0.6 is 11.8 Å².